The number of halogens is 1. The van der Waals surface area contributed by atoms with Crippen LogP contribution in [0.5, 0.6) is 0 Å². The highest BCUT2D eigenvalue weighted by Crippen LogP contribution is 2.27. The van der Waals surface area contributed by atoms with Crippen molar-refractivity contribution in [3.63, 3.8) is 0 Å². The van der Waals surface area contributed by atoms with Gasteiger partial charge in [-0.1, -0.05) is 6.07 Å². The highest BCUT2D eigenvalue weighted by atomic mass is 32.2. The summed E-state index contributed by atoms with van der Waals surface area (Å²) in [4.78, 5) is 1.98. The van der Waals surface area contributed by atoms with E-state index in [4.69, 9.17) is 0 Å². The second-order valence-electron chi connectivity index (χ2n) is 4.92. The lowest BCUT2D eigenvalue weighted by atomic mass is 10.1. The molecule has 0 aliphatic carbocycles. The zero-order chi connectivity index (χ0) is 14.0. The number of rotatable bonds is 3. The Morgan fingerprint density at radius 1 is 1.47 bits per heavy atom. The van der Waals surface area contributed by atoms with Gasteiger partial charge < -0.3 is 10.2 Å². The second kappa shape index (κ2) is 5.46. The molecule has 1 atom stereocenters. The van der Waals surface area contributed by atoms with Crippen LogP contribution in [0.15, 0.2) is 18.2 Å². The van der Waals surface area contributed by atoms with Gasteiger partial charge in [-0.3, -0.25) is 0 Å². The number of benzene rings is 1. The summed E-state index contributed by atoms with van der Waals surface area (Å²) in [5, 5.41) is 2.95. The first-order chi connectivity index (χ1) is 8.94. The SMILES string of the molecule is CNCc1c(F)cccc1N1CCS(=O)(=O)CC1C. The molecule has 0 aromatic heterocycles. The van der Waals surface area contributed by atoms with E-state index in [1.807, 2.05) is 17.9 Å². The van der Waals surface area contributed by atoms with Crippen LogP contribution in [0.2, 0.25) is 0 Å². The average Bonchev–Trinajstić information content (AvgIpc) is 2.31. The quantitative estimate of drug-likeness (QED) is 0.906. The number of hydrogen-bond donors (Lipinski definition) is 1. The molecule has 1 aromatic rings. The molecule has 106 valence electrons. The molecule has 0 spiro atoms. The second-order valence-corrected chi connectivity index (χ2v) is 7.15. The summed E-state index contributed by atoms with van der Waals surface area (Å²) >= 11 is 0. The standard InChI is InChI=1S/C13H19FN2O2S/c1-10-9-19(17,18)7-6-16(10)13-5-3-4-12(14)11(13)8-15-2/h3-5,10,15H,6-9H2,1-2H3. The highest BCUT2D eigenvalue weighted by molar-refractivity contribution is 7.91. The monoisotopic (exact) mass is 286 g/mol. The molecule has 4 nitrogen and oxygen atoms in total. The first-order valence-corrected chi connectivity index (χ1v) is 8.16. The van der Waals surface area contributed by atoms with E-state index in [9.17, 15) is 12.8 Å². The highest BCUT2D eigenvalue weighted by Gasteiger charge is 2.29. The van der Waals surface area contributed by atoms with Crippen LogP contribution in [-0.4, -0.2) is 39.6 Å². The summed E-state index contributed by atoms with van der Waals surface area (Å²) in [6.07, 6.45) is 0. The molecule has 1 aromatic carbocycles. The molecule has 2 rings (SSSR count). The van der Waals surface area contributed by atoms with Crippen LogP contribution in [0.1, 0.15) is 12.5 Å². The van der Waals surface area contributed by atoms with Gasteiger partial charge in [-0.2, -0.15) is 0 Å². The van der Waals surface area contributed by atoms with Crippen LogP contribution < -0.4 is 10.2 Å². The van der Waals surface area contributed by atoms with Gasteiger partial charge in [-0.15, -0.1) is 0 Å². The number of nitrogens with zero attached hydrogens (tertiary/aromatic N) is 1. The van der Waals surface area contributed by atoms with Crippen LogP contribution >= 0.6 is 0 Å². The van der Waals surface area contributed by atoms with Crippen molar-refractivity contribution in [3.05, 3.63) is 29.6 Å². The minimum atomic E-state index is -2.96. The Morgan fingerprint density at radius 2 is 2.21 bits per heavy atom. The third-order valence-corrected chi connectivity index (χ3v) is 5.22. The van der Waals surface area contributed by atoms with Crippen molar-refractivity contribution in [2.45, 2.75) is 19.5 Å². The maximum absolute atomic E-state index is 13.9. The predicted octanol–water partition coefficient (Wildman–Crippen LogP) is 1.17. The van der Waals surface area contributed by atoms with E-state index in [-0.39, 0.29) is 23.4 Å². The fourth-order valence-electron chi connectivity index (χ4n) is 2.52. The van der Waals surface area contributed by atoms with Crippen molar-refractivity contribution < 1.29 is 12.8 Å². The Morgan fingerprint density at radius 3 is 2.84 bits per heavy atom. The maximum atomic E-state index is 13.9. The van der Waals surface area contributed by atoms with Gasteiger partial charge in [-0.05, 0) is 26.1 Å². The minimum absolute atomic E-state index is 0.127. The first kappa shape index (κ1) is 14.3. The van der Waals surface area contributed by atoms with E-state index < -0.39 is 9.84 Å². The Labute approximate surface area is 113 Å². The summed E-state index contributed by atoms with van der Waals surface area (Å²) in [6, 6.07) is 4.82. The lowest BCUT2D eigenvalue weighted by Crippen LogP contribution is -2.47. The molecule has 1 saturated heterocycles. The molecule has 1 N–H and O–H groups in total. The van der Waals surface area contributed by atoms with E-state index in [1.165, 1.54) is 6.07 Å². The van der Waals surface area contributed by atoms with Crippen molar-refractivity contribution >= 4 is 15.5 Å². The van der Waals surface area contributed by atoms with Crippen molar-refractivity contribution in [1.29, 1.82) is 0 Å². The summed E-state index contributed by atoms with van der Waals surface area (Å²) in [7, 11) is -1.19. The fraction of sp³-hybridized carbons (Fsp3) is 0.538. The molecule has 1 unspecified atom stereocenters. The smallest absolute Gasteiger partial charge is 0.154 e. The average molecular weight is 286 g/mol. The van der Waals surface area contributed by atoms with E-state index in [0.29, 0.717) is 18.7 Å². The predicted molar refractivity (Wildman–Crippen MR) is 74.6 cm³/mol. The fourth-order valence-corrected chi connectivity index (χ4v) is 4.08. The number of anilines is 1. The Balaban J connectivity index is 2.34. The zero-order valence-corrected chi connectivity index (χ0v) is 12.0. The summed E-state index contributed by atoms with van der Waals surface area (Å²) in [5.41, 5.74) is 1.38. The Hall–Kier alpha value is -1.14. The van der Waals surface area contributed by atoms with E-state index >= 15 is 0 Å². The van der Waals surface area contributed by atoms with Crippen LogP contribution in [0, 0.1) is 5.82 Å². The van der Waals surface area contributed by atoms with E-state index in [0.717, 1.165) is 5.69 Å². The molecular weight excluding hydrogens is 267 g/mol. The third-order valence-electron chi connectivity index (χ3n) is 3.43. The summed E-state index contributed by atoms with van der Waals surface area (Å²) in [6.45, 7) is 2.71. The molecule has 0 bridgehead atoms. The number of nitrogens with one attached hydrogen (secondary N) is 1. The van der Waals surface area contributed by atoms with E-state index in [1.54, 1.807) is 13.1 Å². The number of sulfone groups is 1. The van der Waals surface area contributed by atoms with Crippen molar-refractivity contribution in [1.82, 2.24) is 5.32 Å². The van der Waals surface area contributed by atoms with Crippen LogP contribution in [0.3, 0.4) is 0 Å². The van der Waals surface area contributed by atoms with Gasteiger partial charge in [0.25, 0.3) is 0 Å². The van der Waals surface area contributed by atoms with Gasteiger partial charge in [0.1, 0.15) is 5.82 Å². The van der Waals surface area contributed by atoms with Gasteiger partial charge in [-0.25, -0.2) is 12.8 Å². The van der Waals surface area contributed by atoms with Gasteiger partial charge in [0, 0.05) is 30.4 Å². The first-order valence-electron chi connectivity index (χ1n) is 6.33. The molecular formula is C13H19FN2O2S. The summed E-state index contributed by atoms with van der Waals surface area (Å²) < 4.78 is 37.1. The van der Waals surface area contributed by atoms with Gasteiger partial charge in [0.2, 0.25) is 0 Å². The lowest BCUT2D eigenvalue weighted by molar-refractivity contribution is 0.564. The molecule has 1 aliphatic heterocycles. The molecule has 1 heterocycles. The largest absolute Gasteiger partial charge is 0.366 e. The molecule has 1 fully saturated rings. The van der Waals surface area contributed by atoms with Gasteiger partial charge in [0.15, 0.2) is 9.84 Å². The van der Waals surface area contributed by atoms with Crippen molar-refractivity contribution in [2.24, 2.45) is 0 Å². The normalized spacial score (nSPS) is 22.5. The van der Waals surface area contributed by atoms with Crippen molar-refractivity contribution in [2.75, 3.05) is 30.0 Å². The summed E-state index contributed by atoms with van der Waals surface area (Å²) in [5.74, 6) is 0.00232. The van der Waals surface area contributed by atoms with Crippen LogP contribution in [0.4, 0.5) is 10.1 Å². The molecule has 0 amide bonds. The van der Waals surface area contributed by atoms with Gasteiger partial charge >= 0.3 is 0 Å². The van der Waals surface area contributed by atoms with Crippen LogP contribution in [-0.2, 0) is 16.4 Å². The minimum Gasteiger partial charge on any atom is -0.366 e. The zero-order valence-electron chi connectivity index (χ0n) is 11.2. The van der Waals surface area contributed by atoms with Crippen molar-refractivity contribution in [3.8, 4) is 0 Å². The van der Waals surface area contributed by atoms with E-state index in [2.05, 4.69) is 5.32 Å². The molecule has 0 radical (unpaired) electrons. The maximum Gasteiger partial charge on any atom is 0.154 e. The molecule has 1 aliphatic rings. The molecule has 6 heteroatoms. The molecule has 0 saturated carbocycles. The molecule has 19 heavy (non-hydrogen) atoms. The third kappa shape index (κ3) is 3.06. The van der Waals surface area contributed by atoms with Gasteiger partial charge in [0.05, 0.1) is 11.5 Å². The Kier molecular flexibility index (Phi) is 4.10. The Bertz CT molecular complexity index is 560. The number of hydrogen-bond acceptors (Lipinski definition) is 4. The topological polar surface area (TPSA) is 49.4 Å². The van der Waals surface area contributed by atoms with Crippen LogP contribution in [0.25, 0.3) is 0 Å². The lowest BCUT2D eigenvalue weighted by Gasteiger charge is -2.36.